The van der Waals surface area contributed by atoms with Gasteiger partial charge in [-0.1, -0.05) is 26.8 Å². The van der Waals surface area contributed by atoms with Crippen LogP contribution in [-0.2, 0) is 0 Å². The zero-order chi connectivity index (χ0) is 11.4. The summed E-state index contributed by atoms with van der Waals surface area (Å²) in [5, 5.41) is 0. The van der Waals surface area contributed by atoms with Gasteiger partial charge in [0.1, 0.15) is 5.84 Å². The second-order valence-corrected chi connectivity index (χ2v) is 4.64. The van der Waals surface area contributed by atoms with Gasteiger partial charge in [0.25, 0.3) is 0 Å². The molecule has 0 aromatic heterocycles. The number of aliphatic imine (C=N–C) groups is 1. The van der Waals surface area contributed by atoms with E-state index in [1.807, 2.05) is 14.1 Å². The van der Waals surface area contributed by atoms with Crippen LogP contribution in [0.15, 0.2) is 16.6 Å². The van der Waals surface area contributed by atoms with Crippen LogP contribution in [0.5, 0.6) is 0 Å². The maximum Gasteiger partial charge on any atom is 0.126 e. The van der Waals surface area contributed by atoms with Crippen molar-refractivity contribution in [2.75, 3.05) is 20.6 Å². The molecule has 0 heterocycles. The molecule has 0 aliphatic rings. The van der Waals surface area contributed by atoms with Crippen LogP contribution in [0.3, 0.4) is 0 Å². The van der Waals surface area contributed by atoms with Crippen LogP contribution in [-0.4, -0.2) is 31.4 Å². The lowest BCUT2D eigenvalue weighted by Crippen LogP contribution is -2.30. The normalized spacial score (nSPS) is 14.5. The molecule has 0 unspecified atom stereocenters. The van der Waals surface area contributed by atoms with E-state index in [4.69, 9.17) is 0 Å². The van der Waals surface area contributed by atoms with Crippen molar-refractivity contribution in [3.63, 3.8) is 0 Å². The minimum Gasteiger partial charge on any atom is -0.363 e. The number of likely N-dealkylation sites (N-methyl/N-ethyl adjacent to an activating group) is 1. The fourth-order valence-corrected chi connectivity index (χ4v) is 1.51. The van der Waals surface area contributed by atoms with E-state index in [0.717, 1.165) is 12.4 Å². The van der Waals surface area contributed by atoms with Crippen molar-refractivity contribution >= 4 is 5.84 Å². The van der Waals surface area contributed by atoms with Crippen LogP contribution in [0.2, 0.25) is 0 Å². The molecular formula is C12H24N2. The topological polar surface area (TPSA) is 15.6 Å². The molecule has 0 bridgehead atoms. The molecule has 0 aromatic rings. The van der Waals surface area contributed by atoms with Crippen LogP contribution < -0.4 is 0 Å². The molecule has 0 saturated heterocycles. The molecule has 0 aliphatic carbocycles. The van der Waals surface area contributed by atoms with Gasteiger partial charge in [-0.05, 0) is 24.8 Å². The molecule has 0 atom stereocenters. The zero-order valence-electron chi connectivity index (χ0n) is 10.7. The Morgan fingerprint density at radius 3 is 2.00 bits per heavy atom. The van der Waals surface area contributed by atoms with E-state index in [0.29, 0.717) is 0 Å². The number of rotatable bonds is 2. The van der Waals surface area contributed by atoms with Crippen molar-refractivity contribution < 1.29 is 0 Å². The van der Waals surface area contributed by atoms with Gasteiger partial charge in [0.2, 0.25) is 0 Å². The molecule has 0 N–H and O–H groups in total. The molecule has 2 nitrogen and oxygen atoms in total. The maximum atomic E-state index is 4.54. The number of nitrogens with zero attached hydrogens (tertiary/aromatic N) is 2. The Labute approximate surface area is 88.7 Å². The summed E-state index contributed by atoms with van der Waals surface area (Å²) in [6.07, 6.45) is 2.16. The molecule has 0 saturated carbocycles. The van der Waals surface area contributed by atoms with Crippen LogP contribution in [0.25, 0.3) is 0 Å². The Morgan fingerprint density at radius 1 is 1.29 bits per heavy atom. The largest absolute Gasteiger partial charge is 0.363 e. The number of allylic oxidation sites excluding steroid dienone is 1. The number of hydrogen-bond donors (Lipinski definition) is 0. The standard InChI is InChI=1S/C12H24N2/c1-8-10(12(3,4)5)11(13-9-2)14(6)7/h8H,9H2,1-7H3/b10-8+,13-11-. The Morgan fingerprint density at radius 2 is 1.79 bits per heavy atom. The molecule has 14 heavy (non-hydrogen) atoms. The Hall–Kier alpha value is -0.790. The average Bonchev–Trinajstić information content (AvgIpc) is 2.01. The van der Waals surface area contributed by atoms with Gasteiger partial charge in [-0.15, -0.1) is 0 Å². The molecule has 0 aliphatic heterocycles. The first-order chi connectivity index (χ1) is 6.34. The predicted molar refractivity (Wildman–Crippen MR) is 64.9 cm³/mol. The second-order valence-electron chi connectivity index (χ2n) is 4.64. The van der Waals surface area contributed by atoms with E-state index < -0.39 is 0 Å². The third-order valence-corrected chi connectivity index (χ3v) is 2.07. The van der Waals surface area contributed by atoms with E-state index in [1.54, 1.807) is 0 Å². The summed E-state index contributed by atoms with van der Waals surface area (Å²) in [5.74, 6) is 1.10. The lowest BCUT2D eigenvalue weighted by atomic mass is 9.85. The first-order valence-corrected chi connectivity index (χ1v) is 5.23. The lowest BCUT2D eigenvalue weighted by molar-refractivity contribution is 0.501. The molecule has 0 rings (SSSR count). The van der Waals surface area contributed by atoms with Gasteiger partial charge in [0, 0.05) is 20.6 Å². The van der Waals surface area contributed by atoms with Crippen molar-refractivity contribution in [1.29, 1.82) is 0 Å². The Balaban J connectivity index is 5.10. The maximum absolute atomic E-state index is 4.54. The average molecular weight is 196 g/mol. The molecule has 0 radical (unpaired) electrons. The zero-order valence-corrected chi connectivity index (χ0v) is 10.7. The summed E-state index contributed by atoms with van der Waals surface area (Å²) in [6.45, 7) is 11.6. The Kier molecular flexibility index (Phi) is 4.89. The minimum atomic E-state index is 0.160. The second kappa shape index (κ2) is 5.18. The van der Waals surface area contributed by atoms with E-state index in [-0.39, 0.29) is 5.41 Å². The predicted octanol–water partition coefficient (Wildman–Crippen LogP) is 2.96. The lowest BCUT2D eigenvalue weighted by Gasteiger charge is -2.28. The SMILES string of the molecule is C/C=C(\C(=N\CC)N(C)C)C(C)(C)C. The highest BCUT2D eigenvalue weighted by Crippen LogP contribution is 2.26. The summed E-state index contributed by atoms with van der Waals surface area (Å²) >= 11 is 0. The van der Waals surface area contributed by atoms with Crippen LogP contribution >= 0.6 is 0 Å². The van der Waals surface area contributed by atoms with Crippen molar-refractivity contribution in [2.45, 2.75) is 34.6 Å². The molecular weight excluding hydrogens is 172 g/mol. The van der Waals surface area contributed by atoms with Gasteiger partial charge in [-0.2, -0.15) is 0 Å². The summed E-state index contributed by atoms with van der Waals surface area (Å²) in [4.78, 5) is 6.62. The van der Waals surface area contributed by atoms with Gasteiger partial charge in [-0.3, -0.25) is 4.99 Å². The van der Waals surface area contributed by atoms with Crippen LogP contribution in [0, 0.1) is 5.41 Å². The first-order valence-electron chi connectivity index (χ1n) is 5.23. The van der Waals surface area contributed by atoms with Crippen molar-refractivity contribution in [3.05, 3.63) is 11.6 Å². The minimum absolute atomic E-state index is 0.160. The Bertz CT molecular complexity index is 229. The molecule has 82 valence electrons. The van der Waals surface area contributed by atoms with Gasteiger partial charge >= 0.3 is 0 Å². The number of hydrogen-bond acceptors (Lipinski definition) is 1. The highest BCUT2D eigenvalue weighted by molar-refractivity contribution is 5.98. The van der Waals surface area contributed by atoms with Crippen molar-refractivity contribution in [3.8, 4) is 0 Å². The molecule has 0 fully saturated rings. The summed E-state index contributed by atoms with van der Waals surface area (Å²) in [7, 11) is 4.09. The van der Waals surface area contributed by atoms with Gasteiger partial charge in [0.05, 0.1) is 0 Å². The monoisotopic (exact) mass is 196 g/mol. The van der Waals surface area contributed by atoms with Gasteiger partial charge in [-0.25, -0.2) is 0 Å². The first kappa shape index (κ1) is 13.2. The third kappa shape index (κ3) is 3.52. The van der Waals surface area contributed by atoms with E-state index >= 15 is 0 Å². The molecule has 2 heteroatoms. The van der Waals surface area contributed by atoms with Crippen molar-refractivity contribution in [2.24, 2.45) is 10.4 Å². The number of amidine groups is 1. The van der Waals surface area contributed by atoms with Gasteiger partial charge in [0.15, 0.2) is 0 Å². The van der Waals surface area contributed by atoms with E-state index in [2.05, 4.69) is 50.6 Å². The summed E-state index contributed by atoms with van der Waals surface area (Å²) < 4.78 is 0. The van der Waals surface area contributed by atoms with Crippen LogP contribution in [0.4, 0.5) is 0 Å². The highest BCUT2D eigenvalue weighted by Gasteiger charge is 2.21. The smallest absolute Gasteiger partial charge is 0.126 e. The van der Waals surface area contributed by atoms with Crippen LogP contribution in [0.1, 0.15) is 34.6 Å². The quantitative estimate of drug-likeness (QED) is 0.490. The van der Waals surface area contributed by atoms with Crippen molar-refractivity contribution in [1.82, 2.24) is 4.90 Å². The molecule has 0 amide bonds. The summed E-state index contributed by atoms with van der Waals surface area (Å²) in [5.41, 5.74) is 1.47. The van der Waals surface area contributed by atoms with E-state index in [1.165, 1.54) is 5.57 Å². The molecule has 0 aromatic carbocycles. The summed E-state index contributed by atoms with van der Waals surface area (Å²) in [6, 6.07) is 0. The highest BCUT2D eigenvalue weighted by atomic mass is 15.1. The molecule has 0 spiro atoms. The van der Waals surface area contributed by atoms with E-state index in [9.17, 15) is 0 Å². The third-order valence-electron chi connectivity index (χ3n) is 2.07. The van der Waals surface area contributed by atoms with Gasteiger partial charge < -0.3 is 4.90 Å². The fraction of sp³-hybridized carbons (Fsp3) is 0.750. The fourth-order valence-electron chi connectivity index (χ4n) is 1.51.